The summed E-state index contributed by atoms with van der Waals surface area (Å²) in [5.74, 6) is -0.963. The third-order valence-electron chi connectivity index (χ3n) is 1.46. The molecule has 0 fully saturated rings. The number of carboxylic acid groups (broad SMARTS) is 1. The number of carbonyl (C=O) groups is 1. The molecule has 3 heteroatoms. The molecule has 0 amide bonds. The Morgan fingerprint density at radius 3 is 2.75 bits per heavy atom. The Kier molecular flexibility index (Phi) is 2.51. The summed E-state index contributed by atoms with van der Waals surface area (Å²) < 4.78 is 0. The Balaban J connectivity index is 3.22. The third-order valence-corrected chi connectivity index (χ3v) is 1.81. The van der Waals surface area contributed by atoms with Gasteiger partial charge in [-0.15, -0.1) is 0 Å². The molecular formula is C9H7ClO2. The Labute approximate surface area is 75.1 Å². The second-order valence-corrected chi connectivity index (χ2v) is 2.65. The molecule has 0 unspecified atom stereocenters. The molecule has 0 bridgehead atoms. The second kappa shape index (κ2) is 3.41. The summed E-state index contributed by atoms with van der Waals surface area (Å²) in [5, 5.41) is 9.13. The summed E-state index contributed by atoms with van der Waals surface area (Å²) in [5.41, 5.74) is 0.853. The van der Waals surface area contributed by atoms with E-state index in [1.807, 2.05) is 0 Å². The van der Waals surface area contributed by atoms with Gasteiger partial charge in [-0.25, -0.2) is 4.79 Å². The van der Waals surface area contributed by atoms with Gasteiger partial charge in [0.1, 0.15) is 0 Å². The minimum absolute atomic E-state index is 0.217. The van der Waals surface area contributed by atoms with Crippen LogP contribution in [-0.2, 0) is 0 Å². The summed E-state index contributed by atoms with van der Waals surface area (Å²) in [7, 11) is 0. The van der Waals surface area contributed by atoms with Crippen LogP contribution in [0.2, 0.25) is 5.02 Å². The summed E-state index contributed by atoms with van der Waals surface area (Å²) in [6.45, 7) is 3.51. The van der Waals surface area contributed by atoms with Gasteiger partial charge in [0.2, 0.25) is 0 Å². The lowest BCUT2D eigenvalue weighted by Gasteiger charge is -1.98. The zero-order valence-corrected chi connectivity index (χ0v) is 7.01. The molecule has 12 heavy (non-hydrogen) atoms. The van der Waals surface area contributed by atoms with Crippen molar-refractivity contribution in [1.82, 2.24) is 0 Å². The van der Waals surface area contributed by atoms with Gasteiger partial charge in [-0.05, 0) is 23.8 Å². The van der Waals surface area contributed by atoms with E-state index in [9.17, 15) is 4.79 Å². The molecule has 1 aromatic rings. The van der Waals surface area contributed by atoms with Crippen LogP contribution in [0, 0.1) is 0 Å². The van der Waals surface area contributed by atoms with E-state index in [1.54, 1.807) is 6.07 Å². The minimum Gasteiger partial charge on any atom is -0.478 e. The molecule has 0 spiro atoms. The van der Waals surface area contributed by atoms with Gasteiger partial charge in [0, 0.05) is 5.02 Å². The van der Waals surface area contributed by atoms with E-state index in [1.165, 1.54) is 18.2 Å². The molecule has 0 aromatic heterocycles. The van der Waals surface area contributed by atoms with Gasteiger partial charge in [-0.2, -0.15) is 0 Å². The molecule has 0 atom stereocenters. The zero-order valence-electron chi connectivity index (χ0n) is 6.25. The predicted octanol–water partition coefficient (Wildman–Crippen LogP) is 2.68. The van der Waals surface area contributed by atoms with E-state index in [-0.39, 0.29) is 5.56 Å². The maximum atomic E-state index is 10.5. The van der Waals surface area contributed by atoms with Crippen LogP contribution >= 0.6 is 11.6 Å². The van der Waals surface area contributed by atoms with Crippen molar-refractivity contribution in [2.45, 2.75) is 0 Å². The van der Waals surface area contributed by atoms with Gasteiger partial charge >= 0.3 is 5.97 Å². The first-order valence-electron chi connectivity index (χ1n) is 3.30. The highest BCUT2D eigenvalue weighted by atomic mass is 35.5. The zero-order chi connectivity index (χ0) is 9.14. The van der Waals surface area contributed by atoms with Crippen molar-refractivity contribution < 1.29 is 9.90 Å². The van der Waals surface area contributed by atoms with Crippen LogP contribution in [0.25, 0.3) is 6.08 Å². The van der Waals surface area contributed by atoms with Gasteiger partial charge in [0.25, 0.3) is 0 Å². The van der Waals surface area contributed by atoms with Crippen LogP contribution in [0.4, 0.5) is 0 Å². The van der Waals surface area contributed by atoms with Crippen molar-refractivity contribution in [3.05, 3.63) is 40.9 Å². The molecule has 62 valence electrons. The fraction of sp³-hybridized carbons (Fsp3) is 0. The number of halogens is 1. The summed E-state index contributed by atoms with van der Waals surface area (Å²) >= 11 is 5.74. The van der Waals surface area contributed by atoms with Crippen LogP contribution in [0.1, 0.15) is 15.9 Å². The molecule has 1 N–H and O–H groups in total. The van der Waals surface area contributed by atoms with Gasteiger partial charge < -0.3 is 5.11 Å². The molecule has 0 aliphatic carbocycles. The van der Waals surface area contributed by atoms with Crippen molar-refractivity contribution in [1.29, 1.82) is 0 Å². The maximum Gasteiger partial charge on any atom is 0.335 e. The first-order chi connectivity index (χ1) is 5.65. The van der Waals surface area contributed by atoms with E-state index in [0.717, 1.165) is 0 Å². The molecule has 0 aliphatic rings. The number of carboxylic acids is 1. The van der Waals surface area contributed by atoms with Crippen molar-refractivity contribution >= 4 is 23.6 Å². The maximum absolute atomic E-state index is 10.5. The van der Waals surface area contributed by atoms with Crippen molar-refractivity contribution in [3.63, 3.8) is 0 Å². The fourth-order valence-corrected chi connectivity index (χ4v) is 1.03. The second-order valence-electron chi connectivity index (χ2n) is 2.25. The number of rotatable bonds is 2. The summed E-state index contributed by atoms with van der Waals surface area (Å²) in [4.78, 5) is 10.5. The Morgan fingerprint density at radius 2 is 2.25 bits per heavy atom. The SMILES string of the molecule is C=Cc1cc(C(=O)O)ccc1Cl. The van der Waals surface area contributed by atoms with Gasteiger partial charge in [0.15, 0.2) is 0 Å². The molecule has 0 saturated carbocycles. The van der Waals surface area contributed by atoms with Gasteiger partial charge in [0.05, 0.1) is 5.56 Å². The molecule has 0 radical (unpaired) electrons. The van der Waals surface area contributed by atoms with Crippen LogP contribution in [0.15, 0.2) is 24.8 Å². The molecule has 1 aromatic carbocycles. The van der Waals surface area contributed by atoms with E-state index in [2.05, 4.69) is 6.58 Å². The minimum atomic E-state index is -0.963. The standard InChI is InChI=1S/C9H7ClO2/c1-2-6-5-7(9(11)12)3-4-8(6)10/h2-5H,1H2,(H,11,12). The van der Waals surface area contributed by atoms with Crippen LogP contribution < -0.4 is 0 Å². The largest absolute Gasteiger partial charge is 0.478 e. The smallest absolute Gasteiger partial charge is 0.335 e. The van der Waals surface area contributed by atoms with Crippen molar-refractivity contribution in [2.24, 2.45) is 0 Å². The monoisotopic (exact) mass is 182 g/mol. The highest BCUT2D eigenvalue weighted by molar-refractivity contribution is 6.32. The molecule has 1 rings (SSSR count). The highest BCUT2D eigenvalue weighted by Crippen LogP contribution is 2.18. The third kappa shape index (κ3) is 1.66. The van der Waals surface area contributed by atoms with Crippen LogP contribution in [-0.4, -0.2) is 11.1 Å². The van der Waals surface area contributed by atoms with Crippen molar-refractivity contribution in [3.8, 4) is 0 Å². The lowest BCUT2D eigenvalue weighted by molar-refractivity contribution is 0.0697. The molecule has 2 nitrogen and oxygen atoms in total. The lowest BCUT2D eigenvalue weighted by Crippen LogP contribution is -1.95. The fourth-order valence-electron chi connectivity index (χ4n) is 0.833. The number of aromatic carboxylic acids is 1. The highest BCUT2D eigenvalue weighted by Gasteiger charge is 2.04. The van der Waals surface area contributed by atoms with Gasteiger partial charge in [-0.1, -0.05) is 24.3 Å². The van der Waals surface area contributed by atoms with Crippen LogP contribution in [0.5, 0.6) is 0 Å². The first-order valence-corrected chi connectivity index (χ1v) is 3.68. The van der Waals surface area contributed by atoms with E-state index < -0.39 is 5.97 Å². The quantitative estimate of drug-likeness (QED) is 0.764. The van der Waals surface area contributed by atoms with E-state index in [0.29, 0.717) is 10.6 Å². The average molecular weight is 183 g/mol. The normalized spacial score (nSPS) is 9.42. The number of hydrogen-bond donors (Lipinski definition) is 1. The average Bonchev–Trinajstić information content (AvgIpc) is 2.05. The van der Waals surface area contributed by atoms with Gasteiger partial charge in [-0.3, -0.25) is 0 Å². The summed E-state index contributed by atoms with van der Waals surface area (Å²) in [6.07, 6.45) is 1.52. The molecule has 0 aliphatic heterocycles. The number of hydrogen-bond acceptors (Lipinski definition) is 1. The molecule has 0 saturated heterocycles. The summed E-state index contributed by atoms with van der Waals surface area (Å²) in [6, 6.07) is 4.48. The topological polar surface area (TPSA) is 37.3 Å². The molecule has 0 heterocycles. The Hall–Kier alpha value is -1.28. The Morgan fingerprint density at radius 1 is 1.58 bits per heavy atom. The number of benzene rings is 1. The van der Waals surface area contributed by atoms with E-state index in [4.69, 9.17) is 16.7 Å². The molecular weight excluding hydrogens is 176 g/mol. The Bertz CT molecular complexity index is 331. The lowest BCUT2D eigenvalue weighted by atomic mass is 10.1. The van der Waals surface area contributed by atoms with E-state index >= 15 is 0 Å². The predicted molar refractivity (Wildman–Crippen MR) is 48.5 cm³/mol. The van der Waals surface area contributed by atoms with Crippen LogP contribution in [0.3, 0.4) is 0 Å². The first kappa shape index (κ1) is 8.81. The van der Waals surface area contributed by atoms with Crippen molar-refractivity contribution in [2.75, 3.05) is 0 Å².